The maximum atomic E-state index is 2.62. The van der Waals surface area contributed by atoms with Crippen molar-refractivity contribution in [2.45, 2.75) is 38.8 Å². The van der Waals surface area contributed by atoms with Crippen LogP contribution in [0.1, 0.15) is 27.2 Å². The molecule has 1 unspecified atom stereocenters. The van der Waals surface area contributed by atoms with E-state index in [2.05, 4.69) is 106 Å². The minimum Gasteiger partial charge on any atom is -1.00 e. The van der Waals surface area contributed by atoms with Gasteiger partial charge >= 0.3 is 21.7 Å². The van der Waals surface area contributed by atoms with Gasteiger partial charge in [-0.25, -0.2) is 0 Å². The molecule has 2 aromatic carbocycles. The molecule has 0 saturated heterocycles. The van der Waals surface area contributed by atoms with Gasteiger partial charge in [0, 0.05) is 0 Å². The second-order valence-corrected chi connectivity index (χ2v) is 16.1. The van der Waals surface area contributed by atoms with Crippen LogP contribution in [0.15, 0.2) is 84.1 Å². The molecular formula is C23H29Cl2PSiTi. The van der Waals surface area contributed by atoms with Crippen LogP contribution in [-0.2, 0) is 21.7 Å². The van der Waals surface area contributed by atoms with Crippen molar-refractivity contribution in [3.8, 4) is 0 Å². The molecule has 1 aliphatic rings. The summed E-state index contributed by atoms with van der Waals surface area (Å²) in [6, 6.07) is 22.4. The van der Waals surface area contributed by atoms with E-state index in [9.17, 15) is 0 Å². The van der Waals surface area contributed by atoms with Gasteiger partial charge in [0.05, 0.1) is 8.07 Å². The topological polar surface area (TPSA) is 0 Å². The third-order valence-corrected chi connectivity index (χ3v) is 16.5. The Hall–Kier alpha value is -0.139. The van der Waals surface area contributed by atoms with Gasteiger partial charge in [-0.1, -0.05) is 111 Å². The van der Waals surface area contributed by atoms with Crippen molar-refractivity contribution in [1.82, 2.24) is 0 Å². The van der Waals surface area contributed by atoms with E-state index in [1.54, 1.807) is 5.20 Å². The third kappa shape index (κ3) is 6.18. The molecular weight excluding hydrogens is 454 g/mol. The van der Waals surface area contributed by atoms with Crippen molar-refractivity contribution in [2.24, 2.45) is 0 Å². The van der Waals surface area contributed by atoms with Gasteiger partial charge in [-0.2, -0.15) is 0 Å². The Balaban J connectivity index is 0.00000243. The fourth-order valence-corrected chi connectivity index (χ4v) is 13.6. The Labute approximate surface area is 200 Å². The van der Waals surface area contributed by atoms with Crippen LogP contribution in [0.4, 0.5) is 0 Å². The van der Waals surface area contributed by atoms with Crippen molar-refractivity contribution >= 4 is 26.6 Å². The summed E-state index contributed by atoms with van der Waals surface area (Å²) in [6.45, 7) is 10.00. The van der Waals surface area contributed by atoms with Crippen LogP contribution in [0.5, 0.6) is 0 Å². The summed E-state index contributed by atoms with van der Waals surface area (Å²) >= 11 is 0. The largest absolute Gasteiger partial charge is 2.00 e. The normalized spacial score (nSPS) is 15.0. The first kappa shape index (κ1) is 27.9. The molecule has 1 aliphatic carbocycles. The number of benzene rings is 2. The second-order valence-electron chi connectivity index (χ2n) is 8.16. The van der Waals surface area contributed by atoms with Crippen LogP contribution < -0.4 is 35.4 Å². The summed E-state index contributed by atoms with van der Waals surface area (Å²) in [7, 11) is -1.95. The molecule has 0 amide bonds. The SMILES string of the molecule is CC(C)(C)[Si](C)(CP(c1ccccc1)c1ccccc1)C1=CC=CC1.[Cl-].[Cl-].[Ti+2]. The molecule has 1 atom stereocenters. The van der Waals surface area contributed by atoms with Crippen LogP contribution in [0.25, 0.3) is 0 Å². The van der Waals surface area contributed by atoms with Gasteiger partial charge in [0.2, 0.25) is 0 Å². The summed E-state index contributed by atoms with van der Waals surface area (Å²) in [6.07, 6.45) is 8.17. The first-order valence-electron chi connectivity index (χ1n) is 9.16. The molecule has 28 heavy (non-hydrogen) atoms. The molecule has 148 valence electrons. The Morgan fingerprint density at radius 3 is 1.68 bits per heavy atom. The van der Waals surface area contributed by atoms with E-state index in [0.29, 0.717) is 5.04 Å². The Bertz CT molecular complexity index is 733. The van der Waals surface area contributed by atoms with Crippen LogP contribution in [0.3, 0.4) is 0 Å². The van der Waals surface area contributed by atoms with Crippen molar-refractivity contribution in [3.05, 3.63) is 84.1 Å². The fraction of sp³-hybridized carbons (Fsp3) is 0.304. The maximum Gasteiger partial charge on any atom is 2.00 e. The Kier molecular flexibility index (Phi) is 11.8. The molecule has 0 heterocycles. The molecule has 0 radical (unpaired) electrons. The molecule has 0 N–H and O–H groups in total. The van der Waals surface area contributed by atoms with Gasteiger partial charge in [-0.15, -0.1) is 0 Å². The summed E-state index contributed by atoms with van der Waals surface area (Å²) in [5.41, 5.74) is 0. The number of rotatable bonds is 5. The van der Waals surface area contributed by atoms with Gasteiger partial charge in [0.15, 0.2) is 0 Å². The standard InChI is InChI=1S/C23H29PSi.2ClH.Ti/c1-23(2,3)25(4,22-17-11-12-18-22)19-24(20-13-7-5-8-14-20)21-15-9-6-10-16-21;;;/h5-17H,18-19H2,1-4H3;2*1H;/q;;;+2/p-2. The van der Waals surface area contributed by atoms with Gasteiger partial charge in [0.1, 0.15) is 0 Å². The van der Waals surface area contributed by atoms with E-state index in [1.165, 1.54) is 16.4 Å². The van der Waals surface area contributed by atoms with E-state index < -0.39 is 8.07 Å². The predicted octanol–water partition coefficient (Wildman–Crippen LogP) is -0.0318. The monoisotopic (exact) mass is 482 g/mol. The molecule has 0 saturated carbocycles. The van der Waals surface area contributed by atoms with Crippen LogP contribution >= 0.6 is 7.92 Å². The zero-order valence-electron chi connectivity index (χ0n) is 17.1. The van der Waals surface area contributed by atoms with Crippen LogP contribution in [0.2, 0.25) is 11.6 Å². The first-order chi connectivity index (χ1) is 11.9. The predicted molar refractivity (Wildman–Crippen MR) is 117 cm³/mol. The number of hydrogen-bond donors (Lipinski definition) is 0. The van der Waals surface area contributed by atoms with E-state index >= 15 is 0 Å². The van der Waals surface area contributed by atoms with Crippen molar-refractivity contribution < 1.29 is 46.5 Å². The summed E-state index contributed by atoms with van der Waals surface area (Å²) < 4.78 is 0. The molecule has 3 rings (SSSR count). The summed E-state index contributed by atoms with van der Waals surface area (Å²) in [4.78, 5) is 0. The first-order valence-corrected chi connectivity index (χ1v) is 13.4. The van der Waals surface area contributed by atoms with Crippen LogP contribution in [-0.4, -0.2) is 13.9 Å². The van der Waals surface area contributed by atoms with E-state index in [-0.39, 0.29) is 54.5 Å². The van der Waals surface area contributed by atoms with E-state index in [4.69, 9.17) is 0 Å². The Morgan fingerprint density at radius 2 is 1.32 bits per heavy atom. The Morgan fingerprint density at radius 1 is 0.857 bits per heavy atom. The number of hydrogen-bond acceptors (Lipinski definition) is 0. The molecule has 0 aliphatic heterocycles. The van der Waals surface area contributed by atoms with Gasteiger partial charge in [-0.05, 0) is 35.8 Å². The second kappa shape index (κ2) is 11.9. The summed E-state index contributed by atoms with van der Waals surface area (Å²) in [5.74, 6) is 1.33. The van der Waals surface area contributed by atoms with Gasteiger partial charge < -0.3 is 24.8 Å². The number of halogens is 2. The van der Waals surface area contributed by atoms with E-state index in [0.717, 1.165) is 6.42 Å². The molecule has 0 aromatic heterocycles. The van der Waals surface area contributed by atoms with Crippen LogP contribution in [0, 0.1) is 0 Å². The van der Waals surface area contributed by atoms with Gasteiger partial charge in [-0.3, -0.25) is 0 Å². The smallest absolute Gasteiger partial charge is 1.00 e. The zero-order valence-corrected chi connectivity index (χ0v) is 22.1. The minimum atomic E-state index is -1.62. The zero-order chi connectivity index (χ0) is 17.9. The number of allylic oxidation sites excluding steroid dienone is 4. The average Bonchev–Trinajstić information content (AvgIpc) is 3.15. The fourth-order valence-electron chi connectivity index (χ4n) is 3.54. The van der Waals surface area contributed by atoms with Gasteiger partial charge in [0.25, 0.3) is 0 Å². The van der Waals surface area contributed by atoms with E-state index in [1.807, 2.05) is 0 Å². The minimum absolute atomic E-state index is 0. The maximum absolute atomic E-state index is 2.62. The molecule has 5 heteroatoms. The molecule has 0 fully saturated rings. The molecule has 0 spiro atoms. The van der Waals surface area contributed by atoms with Crippen molar-refractivity contribution in [3.63, 3.8) is 0 Å². The van der Waals surface area contributed by atoms with Crippen molar-refractivity contribution in [1.29, 1.82) is 0 Å². The average molecular weight is 483 g/mol. The van der Waals surface area contributed by atoms with Crippen molar-refractivity contribution in [2.75, 3.05) is 5.79 Å². The third-order valence-electron chi connectivity index (χ3n) is 5.75. The summed E-state index contributed by atoms with van der Waals surface area (Å²) in [5, 5.41) is 5.10. The molecule has 0 bridgehead atoms. The molecule has 2 aromatic rings. The molecule has 0 nitrogen and oxygen atoms in total. The quantitative estimate of drug-likeness (QED) is 0.414.